The Balaban J connectivity index is 1.90. The Morgan fingerprint density at radius 2 is 2.12 bits per heavy atom. The van der Waals surface area contributed by atoms with Gasteiger partial charge in [-0.15, -0.1) is 0 Å². The highest BCUT2D eigenvalue weighted by Crippen LogP contribution is 2.31. The molecule has 10 nitrogen and oxygen atoms in total. The van der Waals surface area contributed by atoms with Gasteiger partial charge in [-0.25, -0.2) is 0 Å². The van der Waals surface area contributed by atoms with Crippen LogP contribution in [0.1, 0.15) is 19.6 Å². The standard InChI is InChI=1S/C15H20N6O4/c1-9-7-20(8-10(2)25-9)15-18-13(16)12(21(22)23)14(19-15)17-6-11-4-3-5-24-11/h3-5,9-10H,6-8H2,1-2H3,(H3,16,17,18,19)/t9-,10+. The van der Waals surface area contributed by atoms with Crippen LogP contribution in [0.4, 0.5) is 23.3 Å². The zero-order valence-electron chi connectivity index (χ0n) is 14.0. The van der Waals surface area contributed by atoms with Crippen molar-refractivity contribution in [2.24, 2.45) is 0 Å². The van der Waals surface area contributed by atoms with E-state index in [-0.39, 0.29) is 36.1 Å². The topological polar surface area (TPSA) is 133 Å². The van der Waals surface area contributed by atoms with Crippen molar-refractivity contribution in [3.05, 3.63) is 34.3 Å². The van der Waals surface area contributed by atoms with Crippen LogP contribution < -0.4 is 16.0 Å². The maximum absolute atomic E-state index is 11.3. The predicted octanol–water partition coefficient (Wildman–Crippen LogP) is 1.79. The third-order valence-electron chi connectivity index (χ3n) is 3.79. The Morgan fingerprint density at radius 3 is 2.72 bits per heavy atom. The third-order valence-corrected chi connectivity index (χ3v) is 3.79. The van der Waals surface area contributed by atoms with Crippen LogP contribution in [0.15, 0.2) is 22.8 Å². The second kappa shape index (κ2) is 6.93. The zero-order valence-corrected chi connectivity index (χ0v) is 14.0. The molecule has 0 unspecified atom stereocenters. The molecule has 134 valence electrons. The summed E-state index contributed by atoms with van der Waals surface area (Å²) < 4.78 is 10.9. The molecule has 2 atom stereocenters. The van der Waals surface area contributed by atoms with Crippen molar-refractivity contribution in [3.8, 4) is 0 Å². The van der Waals surface area contributed by atoms with Gasteiger partial charge in [0.1, 0.15) is 5.76 Å². The quantitative estimate of drug-likeness (QED) is 0.612. The third kappa shape index (κ3) is 3.79. The first-order valence-electron chi connectivity index (χ1n) is 7.92. The summed E-state index contributed by atoms with van der Waals surface area (Å²) in [6, 6.07) is 3.50. The van der Waals surface area contributed by atoms with Crippen LogP contribution in [0.2, 0.25) is 0 Å². The summed E-state index contributed by atoms with van der Waals surface area (Å²) in [6.07, 6.45) is 1.54. The molecule has 10 heteroatoms. The van der Waals surface area contributed by atoms with Crippen molar-refractivity contribution >= 4 is 23.3 Å². The molecule has 0 amide bonds. The molecule has 3 heterocycles. The van der Waals surface area contributed by atoms with Crippen molar-refractivity contribution < 1.29 is 14.1 Å². The normalized spacial score (nSPS) is 20.5. The lowest BCUT2D eigenvalue weighted by atomic mass is 10.2. The Kier molecular flexibility index (Phi) is 4.70. The van der Waals surface area contributed by atoms with Gasteiger partial charge < -0.3 is 25.1 Å². The first-order chi connectivity index (χ1) is 11.9. The number of nitrogens with zero attached hydrogens (tertiary/aromatic N) is 4. The SMILES string of the molecule is C[C@@H]1CN(c2nc(N)c([N+](=O)[O-])c(NCc3ccco3)n2)C[C@H](C)O1. The zero-order chi connectivity index (χ0) is 18.0. The number of rotatable bonds is 5. The minimum absolute atomic E-state index is 0.00305. The lowest BCUT2D eigenvalue weighted by Crippen LogP contribution is -2.46. The van der Waals surface area contributed by atoms with Crippen LogP contribution >= 0.6 is 0 Å². The molecule has 0 aliphatic carbocycles. The number of anilines is 3. The molecular formula is C15H20N6O4. The van der Waals surface area contributed by atoms with Crippen molar-refractivity contribution in [3.63, 3.8) is 0 Å². The van der Waals surface area contributed by atoms with Gasteiger partial charge in [0.15, 0.2) is 0 Å². The van der Waals surface area contributed by atoms with Crippen molar-refractivity contribution in [2.45, 2.75) is 32.6 Å². The summed E-state index contributed by atoms with van der Waals surface area (Å²) in [4.78, 5) is 21.1. The molecule has 25 heavy (non-hydrogen) atoms. The molecule has 1 saturated heterocycles. The highest BCUT2D eigenvalue weighted by atomic mass is 16.6. The van der Waals surface area contributed by atoms with Crippen LogP contribution in [-0.2, 0) is 11.3 Å². The van der Waals surface area contributed by atoms with Gasteiger partial charge in [0.05, 0.1) is 29.9 Å². The average Bonchev–Trinajstić information content (AvgIpc) is 3.04. The molecule has 3 N–H and O–H groups in total. The van der Waals surface area contributed by atoms with Crippen molar-refractivity contribution in [1.29, 1.82) is 0 Å². The fourth-order valence-electron chi connectivity index (χ4n) is 2.83. The van der Waals surface area contributed by atoms with E-state index >= 15 is 0 Å². The van der Waals surface area contributed by atoms with Gasteiger partial charge in [0, 0.05) is 13.1 Å². The minimum atomic E-state index is -0.589. The Morgan fingerprint density at radius 1 is 1.40 bits per heavy atom. The van der Waals surface area contributed by atoms with Gasteiger partial charge >= 0.3 is 5.69 Å². The lowest BCUT2D eigenvalue weighted by Gasteiger charge is -2.35. The largest absolute Gasteiger partial charge is 0.467 e. The smallest absolute Gasteiger partial charge is 0.353 e. The fraction of sp³-hybridized carbons (Fsp3) is 0.467. The summed E-state index contributed by atoms with van der Waals surface area (Å²) in [5.41, 5.74) is 5.49. The highest BCUT2D eigenvalue weighted by molar-refractivity contribution is 5.70. The summed E-state index contributed by atoms with van der Waals surface area (Å²) in [5.74, 6) is 0.855. The van der Waals surface area contributed by atoms with E-state index in [9.17, 15) is 10.1 Å². The molecule has 1 fully saturated rings. The number of furan rings is 1. The average molecular weight is 348 g/mol. The van der Waals surface area contributed by atoms with E-state index in [1.54, 1.807) is 12.1 Å². The van der Waals surface area contributed by atoms with Crippen LogP contribution in [0.5, 0.6) is 0 Å². The molecule has 0 saturated carbocycles. The van der Waals surface area contributed by atoms with E-state index in [0.29, 0.717) is 24.8 Å². The Hall–Kier alpha value is -2.88. The number of hydrogen-bond donors (Lipinski definition) is 2. The van der Waals surface area contributed by atoms with E-state index in [0.717, 1.165) is 0 Å². The second-order valence-electron chi connectivity index (χ2n) is 5.96. The summed E-state index contributed by atoms with van der Waals surface area (Å²) in [7, 11) is 0. The monoisotopic (exact) mass is 348 g/mol. The Labute approximate surface area is 144 Å². The number of morpholine rings is 1. The molecule has 2 aromatic heterocycles. The molecule has 2 aromatic rings. The van der Waals surface area contributed by atoms with Gasteiger partial charge in [0.2, 0.25) is 17.6 Å². The molecule has 3 rings (SSSR count). The first-order valence-corrected chi connectivity index (χ1v) is 7.92. The Bertz CT molecular complexity index is 741. The molecule has 0 radical (unpaired) electrons. The van der Waals surface area contributed by atoms with Gasteiger partial charge in [-0.2, -0.15) is 9.97 Å². The van der Waals surface area contributed by atoms with Crippen molar-refractivity contribution in [1.82, 2.24) is 9.97 Å². The minimum Gasteiger partial charge on any atom is -0.467 e. The molecular weight excluding hydrogens is 328 g/mol. The lowest BCUT2D eigenvalue weighted by molar-refractivity contribution is -0.383. The molecule has 0 bridgehead atoms. The number of ether oxygens (including phenoxy) is 1. The van der Waals surface area contributed by atoms with E-state index in [1.165, 1.54) is 6.26 Å². The number of hydrogen-bond acceptors (Lipinski definition) is 9. The number of aromatic nitrogens is 2. The number of nitro groups is 1. The van der Waals surface area contributed by atoms with E-state index in [4.69, 9.17) is 14.9 Å². The molecule has 0 spiro atoms. The highest BCUT2D eigenvalue weighted by Gasteiger charge is 2.28. The maximum Gasteiger partial charge on any atom is 0.353 e. The van der Waals surface area contributed by atoms with Gasteiger partial charge in [-0.1, -0.05) is 0 Å². The van der Waals surface area contributed by atoms with Gasteiger partial charge in [-0.3, -0.25) is 10.1 Å². The summed E-state index contributed by atoms with van der Waals surface area (Å²) in [5, 5.41) is 14.3. The first kappa shape index (κ1) is 17.0. The number of nitrogen functional groups attached to an aromatic ring is 1. The summed E-state index contributed by atoms with van der Waals surface area (Å²) >= 11 is 0. The molecule has 0 aromatic carbocycles. The fourth-order valence-corrected chi connectivity index (χ4v) is 2.83. The van der Waals surface area contributed by atoms with E-state index in [1.807, 2.05) is 18.7 Å². The second-order valence-corrected chi connectivity index (χ2v) is 5.96. The van der Waals surface area contributed by atoms with Crippen LogP contribution in [-0.4, -0.2) is 40.2 Å². The summed E-state index contributed by atoms with van der Waals surface area (Å²) in [6.45, 7) is 5.32. The molecule has 1 aliphatic rings. The van der Waals surface area contributed by atoms with Gasteiger partial charge in [-0.05, 0) is 26.0 Å². The number of nitrogens with two attached hydrogens (primary N) is 1. The predicted molar refractivity (Wildman–Crippen MR) is 91.4 cm³/mol. The van der Waals surface area contributed by atoms with E-state index < -0.39 is 4.92 Å². The molecule has 1 aliphatic heterocycles. The van der Waals surface area contributed by atoms with Crippen LogP contribution in [0, 0.1) is 10.1 Å². The van der Waals surface area contributed by atoms with Crippen LogP contribution in [0.25, 0.3) is 0 Å². The van der Waals surface area contributed by atoms with Gasteiger partial charge in [0.25, 0.3) is 0 Å². The van der Waals surface area contributed by atoms with Crippen LogP contribution in [0.3, 0.4) is 0 Å². The maximum atomic E-state index is 11.3. The number of nitrogens with one attached hydrogen (secondary N) is 1. The van der Waals surface area contributed by atoms with E-state index in [2.05, 4.69) is 15.3 Å². The van der Waals surface area contributed by atoms with Crippen molar-refractivity contribution in [2.75, 3.05) is 29.0 Å².